The van der Waals surface area contributed by atoms with Crippen molar-refractivity contribution in [2.75, 3.05) is 26.3 Å². The van der Waals surface area contributed by atoms with Crippen molar-refractivity contribution < 1.29 is 29.3 Å². The van der Waals surface area contributed by atoms with Gasteiger partial charge in [-0.25, -0.2) is 0 Å². The van der Waals surface area contributed by atoms with Crippen molar-refractivity contribution in [2.24, 2.45) is 0 Å². The van der Waals surface area contributed by atoms with Gasteiger partial charge < -0.3 is 19.7 Å². The summed E-state index contributed by atoms with van der Waals surface area (Å²) in [5, 5.41) is 18.0. The van der Waals surface area contributed by atoms with Crippen LogP contribution in [0.15, 0.2) is 12.1 Å². The maximum absolute atomic E-state index is 10.8. The molecule has 0 amide bonds. The molecule has 0 bridgehead atoms. The van der Waals surface area contributed by atoms with Gasteiger partial charge in [-0.3, -0.25) is 14.5 Å². The van der Waals surface area contributed by atoms with Crippen molar-refractivity contribution in [1.29, 1.82) is 0 Å². The lowest BCUT2D eigenvalue weighted by molar-refractivity contribution is -0.142. The van der Waals surface area contributed by atoms with Crippen molar-refractivity contribution in [3.05, 3.63) is 22.7 Å². The van der Waals surface area contributed by atoms with E-state index >= 15 is 0 Å². The highest BCUT2D eigenvalue weighted by molar-refractivity contribution is 6.32. The fraction of sp³-hybridized carbons (Fsp3) is 0.385. The molecular weight excluding hydrogens is 302 g/mol. The zero-order valence-electron chi connectivity index (χ0n) is 11.0. The quantitative estimate of drug-likeness (QED) is 0.811. The Labute approximate surface area is 125 Å². The Bertz CT molecular complexity index is 546. The van der Waals surface area contributed by atoms with E-state index in [0.29, 0.717) is 35.3 Å². The zero-order chi connectivity index (χ0) is 15.4. The summed E-state index contributed by atoms with van der Waals surface area (Å²) in [4.78, 5) is 22.8. The Kier molecular flexibility index (Phi) is 4.87. The van der Waals surface area contributed by atoms with E-state index < -0.39 is 11.9 Å². The topological polar surface area (TPSA) is 96.3 Å². The second-order valence-electron chi connectivity index (χ2n) is 4.53. The molecule has 114 valence electrons. The van der Waals surface area contributed by atoms with Gasteiger partial charge in [-0.15, -0.1) is 0 Å². The predicted octanol–water partition coefficient (Wildman–Crippen LogP) is 1.08. The minimum Gasteiger partial charge on any atom is -0.486 e. The summed E-state index contributed by atoms with van der Waals surface area (Å²) in [5.41, 5.74) is 0.659. The van der Waals surface area contributed by atoms with E-state index in [1.165, 1.54) is 4.90 Å². The predicted molar refractivity (Wildman–Crippen MR) is 73.0 cm³/mol. The summed E-state index contributed by atoms with van der Waals surface area (Å²) >= 11 is 6.09. The van der Waals surface area contributed by atoms with Gasteiger partial charge in [0.1, 0.15) is 13.2 Å². The highest BCUT2D eigenvalue weighted by Crippen LogP contribution is 2.38. The van der Waals surface area contributed by atoms with Gasteiger partial charge in [-0.05, 0) is 17.7 Å². The Morgan fingerprint density at radius 1 is 1.14 bits per heavy atom. The summed E-state index contributed by atoms with van der Waals surface area (Å²) in [5.74, 6) is -1.26. The number of rotatable bonds is 6. The summed E-state index contributed by atoms with van der Waals surface area (Å²) in [7, 11) is 0. The highest BCUT2D eigenvalue weighted by atomic mass is 35.5. The molecule has 2 N–H and O–H groups in total. The Morgan fingerprint density at radius 3 is 2.38 bits per heavy atom. The monoisotopic (exact) mass is 315 g/mol. The van der Waals surface area contributed by atoms with Crippen LogP contribution in [0.1, 0.15) is 5.56 Å². The average molecular weight is 316 g/mol. The van der Waals surface area contributed by atoms with Crippen LogP contribution >= 0.6 is 11.6 Å². The average Bonchev–Trinajstić information content (AvgIpc) is 2.37. The molecule has 8 heteroatoms. The van der Waals surface area contributed by atoms with Crippen LogP contribution in [-0.4, -0.2) is 53.4 Å². The molecule has 0 atom stereocenters. The van der Waals surface area contributed by atoms with Crippen molar-refractivity contribution >= 4 is 23.5 Å². The molecule has 0 aliphatic carbocycles. The molecule has 0 saturated heterocycles. The van der Waals surface area contributed by atoms with Crippen LogP contribution in [0.3, 0.4) is 0 Å². The second-order valence-corrected chi connectivity index (χ2v) is 4.94. The smallest absolute Gasteiger partial charge is 0.317 e. The Hall–Kier alpha value is -1.99. The van der Waals surface area contributed by atoms with E-state index in [4.69, 9.17) is 31.3 Å². The first kappa shape index (κ1) is 15.4. The molecular formula is C13H14ClNO6. The van der Waals surface area contributed by atoms with E-state index in [-0.39, 0.29) is 19.6 Å². The molecule has 0 spiro atoms. The summed E-state index contributed by atoms with van der Waals surface area (Å²) in [6.45, 7) is 0.197. The fourth-order valence-electron chi connectivity index (χ4n) is 2.06. The number of carbonyl (C=O) groups is 2. The third-order valence-electron chi connectivity index (χ3n) is 2.78. The molecule has 1 heterocycles. The maximum atomic E-state index is 10.8. The summed E-state index contributed by atoms with van der Waals surface area (Å²) < 4.78 is 10.8. The second kappa shape index (κ2) is 6.64. The Morgan fingerprint density at radius 2 is 1.76 bits per heavy atom. The highest BCUT2D eigenvalue weighted by Gasteiger charge is 2.19. The van der Waals surface area contributed by atoms with Gasteiger partial charge in [-0.1, -0.05) is 11.6 Å². The number of aliphatic carboxylic acids is 2. The summed E-state index contributed by atoms with van der Waals surface area (Å²) in [6.07, 6.45) is 0. The molecule has 0 fully saturated rings. The first-order chi connectivity index (χ1) is 9.95. The molecule has 1 aromatic rings. The standard InChI is InChI=1S/C13H14ClNO6/c14-9-3-8(4-10-13(9)21-2-1-20-10)5-15(6-11(16)17)7-12(18)19/h3-4H,1-2,5-7H2,(H,16,17)(H,18,19). The number of hydrogen-bond acceptors (Lipinski definition) is 5. The van der Waals surface area contributed by atoms with Crippen molar-refractivity contribution in [3.8, 4) is 11.5 Å². The van der Waals surface area contributed by atoms with Gasteiger partial charge in [-0.2, -0.15) is 0 Å². The first-order valence-corrected chi connectivity index (χ1v) is 6.57. The number of halogens is 1. The number of nitrogens with zero attached hydrogens (tertiary/aromatic N) is 1. The zero-order valence-corrected chi connectivity index (χ0v) is 11.8. The van der Waals surface area contributed by atoms with E-state index in [9.17, 15) is 9.59 Å². The number of carboxylic acids is 2. The largest absolute Gasteiger partial charge is 0.486 e. The summed E-state index contributed by atoms with van der Waals surface area (Å²) in [6, 6.07) is 3.29. The minimum atomic E-state index is -1.10. The number of ether oxygens (including phenoxy) is 2. The third-order valence-corrected chi connectivity index (χ3v) is 3.06. The van der Waals surface area contributed by atoms with Gasteiger partial charge >= 0.3 is 11.9 Å². The molecule has 2 rings (SSSR count). The van der Waals surface area contributed by atoms with Crippen LogP contribution in [0.2, 0.25) is 5.02 Å². The SMILES string of the molecule is O=C(O)CN(CC(=O)O)Cc1cc(Cl)c2c(c1)OCCO2. The number of hydrogen-bond donors (Lipinski definition) is 2. The van der Waals surface area contributed by atoms with E-state index in [1.54, 1.807) is 12.1 Å². The van der Waals surface area contributed by atoms with Crippen LogP contribution in [0.5, 0.6) is 11.5 Å². The Balaban J connectivity index is 2.18. The van der Waals surface area contributed by atoms with Crippen LogP contribution in [0, 0.1) is 0 Å². The molecule has 0 unspecified atom stereocenters. The van der Waals surface area contributed by atoms with Crippen molar-refractivity contribution in [1.82, 2.24) is 4.90 Å². The van der Waals surface area contributed by atoms with E-state index in [0.717, 1.165) is 0 Å². The lowest BCUT2D eigenvalue weighted by Gasteiger charge is -2.22. The number of fused-ring (bicyclic) bond motifs is 1. The molecule has 0 saturated carbocycles. The van der Waals surface area contributed by atoms with Crippen LogP contribution in [0.25, 0.3) is 0 Å². The lowest BCUT2D eigenvalue weighted by Crippen LogP contribution is -2.34. The van der Waals surface area contributed by atoms with Gasteiger partial charge in [0, 0.05) is 6.54 Å². The molecule has 7 nitrogen and oxygen atoms in total. The van der Waals surface area contributed by atoms with Gasteiger partial charge in [0.2, 0.25) is 0 Å². The van der Waals surface area contributed by atoms with Gasteiger partial charge in [0.25, 0.3) is 0 Å². The molecule has 0 radical (unpaired) electrons. The minimum absolute atomic E-state index is 0.134. The molecule has 1 aliphatic heterocycles. The van der Waals surface area contributed by atoms with Crippen LogP contribution < -0.4 is 9.47 Å². The normalized spacial score (nSPS) is 13.2. The van der Waals surface area contributed by atoms with Crippen LogP contribution in [-0.2, 0) is 16.1 Å². The molecule has 0 aromatic heterocycles. The number of benzene rings is 1. The van der Waals surface area contributed by atoms with Crippen molar-refractivity contribution in [3.63, 3.8) is 0 Å². The van der Waals surface area contributed by atoms with Crippen LogP contribution in [0.4, 0.5) is 0 Å². The van der Waals surface area contributed by atoms with Gasteiger partial charge in [0.15, 0.2) is 11.5 Å². The first-order valence-electron chi connectivity index (χ1n) is 6.19. The van der Waals surface area contributed by atoms with Gasteiger partial charge in [0.05, 0.1) is 18.1 Å². The molecule has 1 aromatic carbocycles. The third kappa shape index (κ3) is 4.24. The van der Waals surface area contributed by atoms with E-state index in [1.807, 2.05) is 0 Å². The molecule has 21 heavy (non-hydrogen) atoms. The number of carboxylic acid groups (broad SMARTS) is 2. The van der Waals surface area contributed by atoms with E-state index in [2.05, 4.69) is 0 Å². The fourth-order valence-corrected chi connectivity index (χ4v) is 2.35. The lowest BCUT2D eigenvalue weighted by atomic mass is 10.1. The maximum Gasteiger partial charge on any atom is 0.317 e. The molecule has 1 aliphatic rings. The van der Waals surface area contributed by atoms with Crippen molar-refractivity contribution in [2.45, 2.75) is 6.54 Å².